The van der Waals surface area contributed by atoms with E-state index < -0.39 is 0 Å². The van der Waals surface area contributed by atoms with Crippen LogP contribution in [-0.2, 0) is 12.4 Å². The summed E-state index contributed by atoms with van der Waals surface area (Å²) in [5, 5.41) is 7.52. The first-order valence-corrected chi connectivity index (χ1v) is 6.85. The maximum Gasteiger partial charge on any atom is 0.254 e. The van der Waals surface area contributed by atoms with Gasteiger partial charge in [-0.1, -0.05) is 24.3 Å². The number of hydrogen-bond donors (Lipinski definition) is 1. The quantitative estimate of drug-likeness (QED) is 0.750. The second kappa shape index (κ2) is 5.46. The number of alkyl halides is 1. The van der Waals surface area contributed by atoms with E-state index in [1.54, 1.807) is 4.52 Å². The normalized spacial score (nSPS) is 10.9. The molecule has 0 aliphatic carbocycles. The smallest absolute Gasteiger partial charge is 0.254 e. The number of nitrogens with zero attached hydrogens (tertiary/aromatic N) is 4. The van der Waals surface area contributed by atoms with Crippen LogP contribution in [0.4, 0.5) is 5.82 Å². The van der Waals surface area contributed by atoms with Gasteiger partial charge in [0.2, 0.25) is 0 Å². The average Bonchev–Trinajstić information content (AvgIpc) is 2.93. The van der Waals surface area contributed by atoms with Crippen LogP contribution in [0.25, 0.3) is 5.78 Å². The molecule has 0 radical (unpaired) electrons. The Kier molecular flexibility index (Phi) is 3.52. The maximum absolute atomic E-state index is 5.85. The minimum atomic E-state index is 0.523. The fourth-order valence-electron chi connectivity index (χ4n) is 2.07. The second-order valence-electron chi connectivity index (χ2n) is 4.56. The van der Waals surface area contributed by atoms with Gasteiger partial charge in [-0.15, -0.1) is 11.6 Å². The molecule has 0 fully saturated rings. The average molecular weight is 288 g/mol. The largest absolute Gasteiger partial charge is 0.366 e. The Hall–Kier alpha value is -2.14. The van der Waals surface area contributed by atoms with Gasteiger partial charge in [0.15, 0.2) is 0 Å². The lowest BCUT2D eigenvalue weighted by molar-refractivity contribution is 0.916. The lowest BCUT2D eigenvalue weighted by atomic mass is 10.1. The Balaban J connectivity index is 1.84. The third-order valence-electron chi connectivity index (χ3n) is 3.00. The van der Waals surface area contributed by atoms with Crippen molar-refractivity contribution >= 4 is 23.2 Å². The highest BCUT2D eigenvalue weighted by Gasteiger charge is 2.05. The van der Waals surface area contributed by atoms with Gasteiger partial charge in [0, 0.05) is 24.2 Å². The molecular weight excluding hydrogens is 274 g/mol. The molecule has 2 aromatic heterocycles. The number of benzene rings is 1. The zero-order valence-electron chi connectivity index (χ0n) is 11.0. The van der Waals surface area contributed by atoms with Crippen molar-refractivity contribution in [1.29, 1.82) is 0 Å². The number of nitrogens with one attached hydrogen (secondary N) is 1. The number of halogens is 1. The molecule has 3 rings (SSSR count). The van der Waals surface area contributed by atoms with Gasteiger partial charge in [-0.3, -0.25) is 0 Å². The van der Waals surface area contributed by atoms with E-state index in [0.29, 0.717) is 18.2 Å². The maximum atomic E-state index is 5.85. The molecule has 6 heteroatoms. The molecule has 0 unspecified atom stereocenters. The van der Waals surface area contributed by atoms with Crippen molar-refractivity contribution in [3.05, 3.63) is 53.5 Å². The zero-order valence-corrected chi connectivity index (χ0v) is 11.8. The number of aromatic nitrogens is 4. The van der Waals surface area contributed by atoms with Crippen LogP contribution in [0.5, 0.6) is 0 Å². The summed E-state index contributed by atoms with van der Waals surface area (Å²) >= 11 is 5.85. The lowest BCUT2D eigenvalue weighted by Gasteiger charge is -2.09. The summed E-state index contributed by atoms with van der Waals surface area (Å²) < 4.78 is 1.69. The molecule has 3 aromatic rings. The molecule has 102 valence electrons. The van der Waals surface area contributed by atoms with Gasteiger partial charge in [-0.25, -0.2) is 4.98 Å². The molecule has 20 heavy (non-hydrogen) atoms. The number of fused-ring (bicyclic) bond motifs is 1. The fourth-order valence-corrected chi connectivity index (χ4v) is 2.24. The third kappa shape index (κ3) is 2.58. The Morgan fingerprint density at radius 3 is 2.95 bits per heavy atom. The van der Waals surface area contributed by atoms with Gasteiger partial charge in [0.05, 0.1) is 0 Å². The minimum absolute atomic E-state index is 0.523. The predicted octanol–water partition coefficient (Wildman–Crippen LogP) is 2.78. The van der Waals surface area contributed by atoms with E-state index in [1.807, 2.05) is 25.1 Å². The van der Waals surface area contributed by atoms with Crippen LogP contribution in [0.1, 0.15) is 16.8 Å². The topological polar surface area (TPSA) is 55.1 Å². The Morgan fingerprint density at radius 2 is 2.10 bits per heavy atom. The van der Waals surface area contributed by atoms with Crippen LogP contribution < -0.4 is 5.32 Å². The van der Waals surface area contributed by atoms with Crippen molar-refractivity contribution in [2.75, 3.05) is 5.32 Å². The predicted molar refractivity (Wildman–Crippen MR) is 78.8 cm³/mol. The first kappa shape index (κ1) is 12.9. The summed E-state index contributed by atoms with van der Waals surface area (Å²) in [7, 11) is 0. The molecule has 5 nitrogen and oxygen atoms in total. The van der Waals surface area contributed by atoms with Crippen LogP contribution in [0.15, 0.2) is 36.7 Å². The molecular formula is C14H14ClN5. The third-order valence-corrected chi connectivity index (χ3v) is 3.31. The highest BCUT2D eigenvalue weighted by atomic mass is 35.5. The number of anilines is 1. The Bertz CT molecular complexity index is 737. The van der Waals surface area contributed by atoms with E-state index in [4.69, 9.17) is 11.6 Å². The highest BCUT2D eigenvalue weighted by Crippen LogP contribution is 2.13. The molecule has 0 saturated heterocycles. The standard InChI is InChI=1S/C14H14ClN5/c1-10-5-13(20-14(19-10)17-9-18-20)16-8-12-4-2-3-11(6-12)7-15/h2-6,9,16H,7-8H2,1H3. The van der Waals surface area contributed by atoms with Crippen molar-refractivity contribution in [3.63, 3.8) is 0 Å². The molecule has 2 heterocycles. The van der Waals surface area contributed by atoms with Gasteiger partial charge in [-0.05, 0) is 18.1 Å². The van der Waals surface area contributed by atoms with Crippen LogP contribution >= 0.6 is 11.6 Å². The molecule has 0 saturated carbocycles. The number of aryl methyl sites for hydroxylation is 1. The zero-order chi connectivity index (χ0) is 13.9. The van der Waals surface area contributed by atoms with Gasteiger partial charge >= 0.3 is 0 Å². The first-order chi connectivity index (χ1) is 9.76. The first-order valence-electron chi connectivity index (χ1n) is 6.31. The van der Waals surface area contributed by atoms with Crippen LogP contribution in [-0.4, -0.2) is 19.6 Å². The summed E-state index contributed by atoms with van der Waals surface area (Å²) in [6.07, 6.45) is 1.50. The van der Waals surface area contributed by atoms with E-state index in [9.17, 15) is 0 Å². The minimum Gasteiger partial charge on any atom is -0.366 e. The Morgan fingerprint density at radius 1 is 1.25 bits per heavy atom. The second-order valence-corrected chi connectivity index (χ2v) is 4.83. The molecule has 0 atom stereocenters. The van der Waals surface area contributed by atoms with E-state index in [0.717, 1.165) is 17.1 Å². The Labute approximate surface area is 121 Å². The van der Waals surface area contributed by atoms with Crippen LogP contribution in [0, 0.1) is 6.92 Å². The number of hydrogen-bond acceptors (Lipinski definition) is 4. The summed E-state index contributed by atoms with van der Waals surface area (Å²) in [6.45, 7) is 2.64. The highest BCUT2D eigenvalue weighted by molar-refractivity contribution is 6.17. The summed E-state index contributed by atoms with van der Waals surface area (Å²) in [4.78, 5) is 8.42. The molecule has 1 N–H and O–H groups in total. The molecule has 1 aromatic carbocycles. The van der Waals surface area contributed by atoms with Crippen LogP contribution in [0.2, 0.25) is 0 Å². The molecule has 0 aliphatic rings. The SMILES string of the molecule is Cc1cc(NCc2cccc(CCl)c2)n2ncnc2n1. The lowest BCUT2D eigenvalue weighted by Crippen LogP contribution is -2.07. The van der Waals surface area contributed by atoms with Gasteiger partial charge in [-0.2, -0.15) is 14.6 Å². The molecule has 0 spiro atoms. The van der Waals surface area contributed by atoms with Crippen molar-refractivity contribution in [2.24, 2.45) is 0 Å². The summed E-state index contributed by atoms with van der Waals surface area (Å²) in [5.41, 5.74) is 3.19. The molecule has 0 amide bonds. The monoisotopic (exact) mass is 287 g/mol. The van der Waals surface area contributed by atoms with E-state index in [-0.39, 0.29) is 0 Å². The van der Waals surface area contributed by atoms with Crippen molar-refractivity contribution in [1.82, 2.24) is 19.6 Å². The molecule has 0 bridgehead atoms. The van der Waals surface area contributed by atoms with Gasteiger partial charge in [0.25, 0.3) is 5.78 Å². The van der Waals surface area contributed by atoms with E-state index in [2.05, 4.69) is 32.5 Å². The summed E-state index contributed by atoms with van der Waals surface area (Å²) in [5.74, 6) is 2.00. The van der Waals surface area contributed by atoms with Gasteiger partial charge in [0.1, 0.15) is 12.1 Å². The summed E-state index contributed by atoms with van der Waals surface area (Å²) in [6, 6.07) is 10.1. The van der Waals surface area contributed by atoms with Crippen molar-refractivity contribution in [3.8, 4) is 0 Å². The van der Waals surface area contributed by atoms with Crippen molar-refractivity contribution < 1.29 is 0 Å². The molecule has 0 aliphatic heterocycles. The van der Waals surface area contributed by atoms with E-state index in [1.165, 1.54) is 11.9 Å². The van der Waals surface area contributed by atoms with Crippen LogP contribution in [0.3, 0.4) is 0 Å². The van der Waals surface area contributed by atoms with Crippen molar-refractivity contribution in [2.45, 2.75) is 19.3 Å². The number of rotatable bonds is 4. The van der Waals surface area contributed by atoms with E-state index >= 15 is 0 Å². The van der Waals surface area contributed by atoms with Gasteiger partial charge < -0.3 is 5.32 Å². The fraction of sp³-hybridized carbons (Fsp3) is 0.214.